The van der Waals surface area contributed by atoms with Crippen molar-refractivity contribution in [3.8, 4) is 17.1 Å². The van der Waals surface area contributed by atoms with Gasteiger partial charge < -0.3 is 14.6 Å². The van der Waals surface area contributed by atoms with E-state index < -0.39 is 0 Å². The monoisotopic (exact) mass is 567 g/mol. The molecular weight excluding hydrogens is 538 g/mol. The number of halogens is 1. The van der Waals surface area contributed by atoms with E-state index in [9.17, 15) is 0 Å². The number of hydrogen-bond donors (Lipinski definition) is 1. The zero-order valence-corrected chi connectivity index (χ0v) is 23.1. The van der Waals surface area contributed by atoms with Gasteiger partial charge in [0, 0.05) is 23.5 Å². The molecule has 0 radical (unpaired) electrons. The van der Waals surface area contributed by atoms with Crippen LogP contribution in [0.3, 0.4) is 0 Å². The standard InChI is InChI=1S/C31H30BrN5O/c1-20-25(7-5-17-33-20)35-27-18-29-31(19-28(27)34-22-11-15-24(38-2)16-12-22)37(23-13-9-21(32)10-14-23)30-8-4-3-6-26(30)36-29/h3-10,13-14,17-19,22,24,35H,11-12,15-16H2,1-2H3/b34-28+. The third-order valence-electron chi connectivity index (χ3n) is 7.36. The Labute approximate surface area is 230 Å². The quantitative estimate of drug-likeness (QED) is 0.228. The Hall–Kier alpha value is -3.55. The van der Waals surface area contributed by atoms with Crippen LogP contribution >= 0.6 is 15.9 Å². The second-order valence-electron chi connectivity index (χ2n) is 9.83. The first kappa shape index (κ1) is 24.8. The minimum absolute atomic E-state index is 0.254. The van der Waals surface area contributed by atoms with Crippen LogP contribution in [-0.2, 0) is 4.74 Å². The van der Waals surface area contributed by atoms with Gasteiger partial charge in [0.25, 0.3) is 0 Å². The highest BCUT2D eigenvalue weighted by Gasteiger charge is 2.21. The van der Waals surface area contributed by atoms with Gasteiger partial charge in [-0.05, 0) is 93.3 Å². The predicted molar refractivity (Wildman–Crippen MR) is 156 cm³/mol. The van der Waals surface area contributed by atoms with Crippen molar-refractivity contribution < 1.29 is 4.74 Å². The van der Waals surface area contributed by atoms with E-state index in [1.165, 1.54) is 0 Å². The zero-order valence-electron chi connectivity index (χ0n) is 21.6. The van der Waals surface area contributed by atoms with Gasteiger partial charge in [-0.25, -0.2) is 4.98 Å². The number of nitrogens with zero attached hydrogens (tertiary/aromatic N) is 4. The molecular formula is C31H30BrN5O. The summed E-state index contributed by atoms with van der Waals surface area (Å²) in [5, 5.41) is 4.56. The summed E-state index contributed by atoms with van der Waals surface area (Å²) in [6.45, 7) is 2.01. The minimum Gasteiger partial charge on any atom is -0.381 e. The molecule has 2 aromatic carbocycles. The molecule has 7 heteroatoms. The molecule has 0 atom stereocenters. The zero-order chi connectivity index (χ0) is 26.1. The number of pyridine rings is 1. The van der Waals surface area contributed by atoms with Crippen molar-refractivity contribution in [2.24, 2.45) is 4.99 Å². The number of methoxy groups -OCH3 is 1. The number of fused-ring (bicyclic) bond motifs is 2. The average molecular weight is 569 g/mol. The van der Waals surface area contributed by atoms with Gasteiger partial charge in [0.05, 0.1) is 57.0 Å². The lowest BCUT2D eigenvalue weighted by Crippen LogP contribution is -2.25. The van der Waals surface area contributed by atoms with E-state index in [1.807, 2.05) is 32.4 Å². The van der Waals surface area contributed by atoms with E-state index in [2.05, 4.69) is 91.5 Å². The number of anilines is 2. The van der Waals surface area contributed by atoms with Crippen LogP contribution in [-0.4, -0.2) is 33.8 Å². The number of ether oxygens (including phenoxy) is 1. The number of aromatic nitrogens is 3. The molecule has 192 valence electrons. The van der Waals surface area contributed by atoms with Gasteiger partial charge in [0.15, 0.2) is 0 Å². The largest absolute Gasteiger partial charge is 0.381 e. The van der Waals surface area contributed by atoms with Crippen LogP contribution in [0.2, 0.25) is 0 Å². The van der Waals surface area contributed by atoms with Crippen molar-refractivity contribution in [3.63, 3.8) is 0 Å². The Bertz CT molecular complexity index is 1620. The molecule has 2 heterocycles. The van der Waals surface area contributed by atoms with Gasteiger partial charge in [-0.2, -0.15) is 0 Å². The van der Waals surface area contributed by atoms with Crippen molar-refractivity contribution in [1.29, 1.82) is 0 Å². The summed E-state index contributed by atoms with van der Waals surface area (Å²) in [6.07, 6.45) is 6.26. The Morgan fingerprint density at radius 2 is 1.74 bits per heavy atom. The molecule has 0 amide bonds. The number of rotatable bonds is 5. The summed E-state index contributed by atoms with van der Waals surface area (Å²) >= 11 is 3.58. The highest BCUT2D eigenvalue weighted by Crippen LogP contribution is 2.31. The first-order valence-corrected chi connectivity index (χ1v) is 13.8. The van der Waals surface area contributed by atoms with E-state index in [0.717, 1.165) is 80.7 Å². The average Bonchev–Trinajstić information content (AvgIpc) is 2.94. The molecule has 2 aliphatic carbocycles. The smallest absolute Gasteiger partial charge is 0.0900 e. The molecule has 6 rings (SSSR count). The maximum Gasteiger partial charge on any atom is 0.0900 e. The Kier molecular flexibility index (Phi) is 6.96. The first-order valence-electron chi connectivity index (χ1n) is 13.1. The van der Waals surface area contributed by atoms with Crippen LogP contribution in [0, 0.1) is 6.92 Å². The molecule has 1 aliphatic heterocycles. The van der Waals surface area contributed by atoms with Crippen LogP contribution in [0.15, 0.2) is 88.5 Å². The summed E-state index contributed by atoms with van der Waals surface area (Å²) in [6, 6.07) is 25.3. The Balaban J connectivity index is 1.58. The molecule has 0 saturated heterocycles. The molecule has 3 aliphatic rings. The fourth-order valence-electron chi connectivity index (χ4n) is 5.29. The van der Waals surface area contributed by atoms with Crippen LogP contribution in [0.4, 0.5) is 11.4 Å². The normalized spacial score (nSPS) is 18.2. The van der Waals surface area contributed by atoms with Crippen molar-refractivity contribution >= 4 is 38.3 Å². The van der Waals surface area contributed by atoms with Crippen LogP contribution < -0.4 is 10.7 Å². The molecule has 6 nitrogen and oxygen atoms in total. The van der Waals surface area contributed by atoms with E-state index in [0.29, 0.717) is 6.10 Å². The van der Waals surface area contributed by atoms with Crippen LogP contribution in [0.25, 0.3) is 28.1 Å². The summed E-state index contributed by atoms with van der Waals surface area (Å²) in [7, 11) is 1.81. The molecule has 3 aromatic rings. The third-order valence-corrected chi connectivity index (χ3v) is 7.89. The van der Waals surface area contributed by atoms with E-state index >= 15 is 0 Å². The van der Waals surface area contributed by atoms with Gasteiger partial charge in [-0.1, -0.05) is 28.1 Å². The molecule has 0 bridgehead atoms. The highest BCUT2D eigenvalue weighted by molar-refractivity contribution is 9.10. The fourth-order valence-corrected chi connectivity index (χ4v) is 5.55. The van der Waals surface area contributed by atoms with Crippen molar-refractivity contribution in [2.75, 3.05) is 12.4 Å². The second-order valence-corrected chi connectivity index (χ2v) is 10.7. The predicted octanol–water partition coefficient (Wildman–Crippen LogP) is 7.20. The first-order chi connectivity index (χ1) is 18.6. The summed E-state index contributed by atoms with van der Waals surface area (Å²) in [5.74, 6) is 0. The highest BCUT2D eigenvalue weighted by atomic mass is 79.9. The maximum atomic E-state index is 5.60. The van der Waals surface area contributed by atoms with Gasteiger partial charge in [0.2, 0.25) is 0 Å². The molecule has 1 N–H and O–H groups in total. The Morgan fingerprint density at radius 1 is 0.947 bits per heavy atom. The number of para-hydroxylation sites is 2. The van der Waals surface area contributed by atoms with Crippen molar-refractivity contribution in [2.45, 2.75) is 44.8 Å². The van der Waals surface area contributed by atoms with Crippen molar-refractivity contribution in [1.82, 2.24) is 14.5 Å². The van der Waals surface area contributed by atoms with Gasteiger partial charge in [-0.3, -0.25) is 9.98 Å². The number of hydrogen-bond acceptors (Lipinski definition) is 5. The summed E-state index contributed by atoms with van der Waals surface area (Å²) in [5.41, 5.74) is 7.83. The lowest BCUT2D eigenvalue weighted by atomic mass is 9.93. The minimum atomic E-state index is 0.254. The molecule has 1 aromatic heterocycles. The maximum absolute atomic E-state index is 5.60. The van der Waals surface area contributed by atoms with Gasteiger partial charge in [-0.15, -0.1) is 0 Å². The van der Waals surface area contributed by atoms with E-state index in [-0.39, 0.29) is 6.04 Å². The van der Waals surface area contributed by atoms with Gasteiger partial charge in [0.1, 0.15) is 0 Å². The molecule has 38 heavy (non-hydrogen) atoms. The Morgan fingerprint density at radius 3 is 2.50 bits per heavy atom. The summed E-state index contributed by atoms with van der Waals surface area (Å²) in [4.78, 5) is 14.8. The topological polar surface area (TPSA) is 64.3 Å². The number of aryl methyl sites for hydroxylation is 1. The van der Waals surface area contributed by atoms with Crippen LogP contribution in [0.5, 0.6) is 0 Å². The lowest BCUT2D eigenvalue weighted by Gasteiger charge is -2.25. The van der Waals surface area contributed by atoms with Crippen molar-refractivity contribution in [3.05, 3.63) is 94.5 Å². The van der Waals surface area contributed by atoms with Crippen LogP contribution in [0.1, 0.15) is 31.4 Å². The van der Waals surface area contributed by atoms with Gasteiger partial charge >= 0.3 is 0 Å². The molecule has 1 saturated carbocycles. The van der Waals surface area contributed by atoms with E-state index in [4.69, 9.17) is 14.7 Å². The molecule has 1 fully saturated rings. The van der Waals surface area contributed by atoms with E-state index in [1.54, 1.807) is 0 Å². The third kappa shape index (κ3) is 4.96. The lowest BCUT2D eigenvalue weighted by molar-refractivity contribution is 0.0663. The molecule has 0 spiro atoms. The molecule has 0 unspecified atom stereocenters. The summed E-state index contributed by atoms with van der Waals surface area (Å²) < 4.78 is 8.93. The fraction of sp³-hybridized carbons (Fsp3) is 0.258. The number of benzene rings is 3. The number of nitrogens with one attached hydrogen (secondary N) is 1. The second kappa shape index (κ2) is 10.7. The SMILES string of the molecule is COC1CCC(/N=c2\cc3n(-c4ccc(Br)cc4)c4ccccc4nc-3cc2Nc2cccnc2C)CC1.